The summed E-state index contributed by atoms with van der Waals surface area (Å²) in [4.78, 5) is 0. The molecule has 5 atom stereocenters. The lowest BCUT2D eigenvalue weighted by Gasteiger charge is -2.55. The Kier molecular flexibility index (Phi) is 3.75. The molecule has 2 saturated heterocycles. The second-order valence-electron chi connectivity index (χ2n) is 7.70. The molecule has 2 aliphatic heterocycles. The lowest BCUT2D eigenvalue weighted by Crippen LogP contribution is -2.66. The monoisotopic (exact) mass is 301 g/mol. The Morgan fingerprint density at radius 3 is 2.68 bits per heavy atom. The molecule has 0 amide bonds. The van der Waals surface area contributed by atoms with Gasteiger partial charge in [-0.1, -0.05) is 44.2 Å². The van der Waals surface area contributed by atoms with Crippen LogP contribution < -0.4 is 5.32 Å². The van der Waals surface area contributed by atoms with E-state index >= 15 is 0 Å². The molecule has 2 heterocycles. The van der Waals surface area contributed by atoms with Gasteiger partial charge in [0, 0.05) is 43.1 Å². The maximum atomic E-state index is 6.01. The third kappa shape index (κ3) is 2.31. The van der Waals surface area contributed by atoms with Crippen molar-refractivity contribution in [2.24, 2.45) is 17.3 Å². The van der Waals surface area contributed by atoms with Gasteiger partial charge in [-0.3, -0.25) is 0 Å². The highest BCUT2D eigenvalue weighted by Crippen LogP contribution is 2.52. The second-order valence-corrected chi connectivity index (χ2v) is 7.70. The highest BCUT2D eigenvalue weighted by molar-refractivity contribution is 5.19. The lowest BCUT2D eigenvalue weighted by atomic mass is 9.57. The van der Waals surface area contributed by atoms with E-state index in [4.69, 9.17) is 9.47 Å². The van der Waals surface area contributed by atoms with E-state index in [9.17, 15) is 0 Å². The van der Waals surface area contributed by atoms with Crippen molar-refractivity contribution in [2.45, 2.75) is 44.9 Å². The van der Waals surface area contributed by atoms with Crippen molar-refractivity contribution in [3.63, 3.8) is 0 Å². The van der Waals surface area contributed by atoms with Crippen molar-refractivity contribution < 1.29 is 9.47 Å². The molecule has 0 radical (unpaired) electrons. The van der Waals surface area contributed by atoms with Gasteiger partial charge in [0.05, 0.1) is 12.2 Å². The summed E-state index contributed by atoms with van der Waals surface area (Å²) < 4.78 is 11.9. The Balaban J connectivity index is 1.39. The molecule has 3 aliphatic rings. The van der Waals surface area contributed by atoms with E-state index < -0.39 is 0 Å². The predicted molar refractivity (Wildman–Crippen MR) is 86.7 cm³/mol. The maximum Gasteiger partial charge on any atom is 0.0866 e. The first-order chi connectivity index (χ1) is 10.7. The van der Waals surface area contributed by atoms with Crippen molar-refractivity contribution in [3.8, 4) is 0 Å². The van der Waals surface area contributed by atoms with Gasteiger partial charge >= 0.3 is 0 Å². The molecular formula is C19H27NO2. The van der Waals surface area contributed by atoms with E-state index in [1.165, 1.54) is 12.0 Å². The standard InChI is InChI=1S/C19H27NO2/c1-19(2)17(15-9-11-22-18(15)19)20-12-14-8-10-21-16(14)13-6-4-3-5-7-13/h3-7,14-18,20H,8-12H2,1-2H3/t14-,15+,16-,17-,18+/m1/s1. The third-order valence-electron chi connectivity index (χ3n) is 6.04. The number of fused-ring (bicyclic) bond motifs is 1. The van der Waals surface area contributed by atoms with Crippen LogP contribution in [0.1, 0.15) is 38.4 Å². The number of ether oxygens (including phenoxy) is 2. The zero-order valence-electron chi connectivity index (χ0n) is 13.6. The fourth-order valence-electron chi connectivity index (χ4n) is 4.87. The topological polar surface area (TPSA) is 30.5 Å². The van der Waals surface area contributed by atoms with Crippen LogP contribution >= 0.6 is 0 Å². The van der Waals surface area contributed by atoms with E-state index in [1.807, 2.05) is 0 Å². The predicted octanol–water partition coefficient (Wildman–Crippen LogP) is 3.17. The molecule has 0 spiro atoms. The molecule has 0 unspecified atom stereocenters. The summed E-state index contributed by atoms with van der Waals surface area (Å²) >= 11 is 0. The Morgan fingerprint density at radius 1 is 1.09 bits per heavy atom. The number of benzene rings is 1. The van der Waals surface area contributed by atoms with Crippen LogP contribution in [0.3, 0.4) is 0 Å². The van der Waals surface area contributed by atoms with Crippen LogP contribution in [-0.4, -0.2) is 31.9 Å². The summed E-state index contributed by atoms with van der Waals surface area (Å²) in [6.45, 7) is 7.57. The first-order valence-electron chi connectivity index (χ1n) is 8.69. The SMILES string of the molecule is CC1(C)[C@H](NC[C@H]2CCO[C@@H]2c2ccccc2)[C@@H]2CCO[C@@H]21. The fourth-order valence-corrected chi connectivity index (χ4v) is 4.87. The van der Waals surface area contributed by atoms with Crippen LogP contribution in [0.2, 0.25) is 0 Å². The van der Waals surface area contributed by atoms with E-state index in [2.05, 4.69) is 49.5 Å². The van der Waals surface area contributed by atoms with E-state index in [1.54, 1.807) is 0 Å². The first kappa shape index (κ1) is 14.7. The van der Waals surface area contributed by atoms with Crippen molar-refractivity contribution in [3.05, 3.63) is 35.9 Å². The molecular weight excluding hydrogens is 274 g/mol. The Hall–Kier alpha value is -0.900. The minimum atomic E-state index is 0.257. The molecule has 3 nitrogen and oxygen atoms in total. The van der Waals surface area contributed by atoms with Gasteiger partial charge in [0.15, 0.2) is 0 Å². The smallest absolute Gasteiger partial charge is 0.0866 e. The van der Waals surface area contributed by atoms with E-state index in [0.717, 1.165) is 26.2 Å². The third-order valence-corrected chi connectivity index (χ3v) is 6.04. The summed E-state index contributed by atoms with van der Waals surface area (Å²) in [6.07, 6.45) is 3.10. The molecule has 1 aromatic carbocycles. The molecule has 0 bridgehead atoms. The van der Waals surface area contributed by atoms with Crippen LogP contribution in [-0.2, 0) is 9.47 Å². The zero-order chi connectivity index (χ0) is 15.2. The quantitative estimate of drug-likeness (QED) is 0.926. The van der Waals surface area contributed by atoms with Gasteiger partial charge in [0.25, 0.3) is 0 Å². The average Bonchev–Trinajstić information content (AvgIpc) is 3.16. The van der Waals surface area contributed by atoms with Gasteiger partial charge in [0.1, 0.15) is 0 Å². The summed E-state index contributed by atoms with van der Waals surface area (Å²) in [6, 6.07) is 11.3. The number of hydrogen-bond donors (Lipinski definition) is 1. The van der Waals surface area contributed by atoms with E-state index in [0.29, 0.717) is 24.0 Å². The Bertz CT molecular complexity index is 515. The summed E-state index contributed by atoms with van der Waals surface area (Å²) in [5.41, 5.74) is 1.59. The van der Waals surface area contributed by atoms with Crippen molar-refractivity contribution in [1.82, 2.24) is 5.32 Å². The fraction of sp³-hybridized carbons (Fsp3) is 0.684. The minimum absolute atomic E-state index is 0.257. The largest absolute Gasteiger partial charge is 0.377 e. The molecule has 3 heteroatoms. The van der Waals surface area contributed by atoms with Crippen LogP contribution in [0.15, 0.2) is 30.3 Å². The lowest BCUT2D eigenvalue weighted by molar-refractivity contribution is -0.113. The van der Waals surface area contributed by atoms with Crippen molar-refractivity contribution >= 4 is 0 Å². The molecule has 3 fully saturated rings. The van der Waals surface area contributed by atoms with Gasteiger partial charge in [-0.05, 0) is 18.4 Å². The Labute approximate surface area is 133 Å². The first-order valence-corrected chi connectivity index (χ1v) is 8.69. The minimum Gasteiger partial charge on any atom is -0.377 e. The van der Waals surface area contributed by atoms with Gasteiger partial charge in [-0.15, -0.1) is 0 Å². The van der Waals surface area contributed by atoms with Gasteiger partial charge in [-0.25, -0.2) is 0 Å². The second kappa shape index (κ2) is 5.63. The van der Waals surface area contributed by atoms with E-state index in [-0.39, 0.29) is 11.5 Å². The molecule has 22 heavy (non-hydrogen) atoms. The highest BCUT2D eigenvalue weighted by Gasteiger charge is 2.59. The number of hydrogen-bond acceptors (Lipinski definition) is 3. The van der Waals surface area contributed by atoms with Crippen LogP contribution in [0.5, 0.6) is 0 Å². The summed E-state index contributed by atoms with van der Waals surface area (Å²) in [7, 11) is 0. The molecule has 1 aliphatic carbocycles. The van der Waals surface area contributed by atoms with Crippen molar-refractivity contribution in [2.75, 3.05) is 19.8 Å². The van der Waals surface area contributed by atoms with Gasteiger partial charge in [-0.2, -0.15) is 0 Å². The number of rotatable bonds is 4. The van der Waals surface area contributed by atoms with Crippen molar-refractivity contribution in [1.29, 1.82) is 0 Å². The zero-order valence-corrected chi connectivity index (χ0v) is 13.6. The van der Waals surface area contributed by atoms with Crippen LogP contribution in [0.4, 0.5) is 0 Å². The number of nitrogens with one attached hydrogen (secondary N) is 1. The van der Waals surface area contributed by atoms with Gasteiger partial charge in [0.2, 0.25) is 0 Å². The maximum absolute atomic E-state index is 6.01. The highest BCUT2D eigenvalue weighted by atomic mass is 16.5. The molecule has 1 N–H and O–H groups in total. The van der Waals surface area contributed by atoms with Crippen LogP contribution in [0.25, 0.3) is 0 Å². The molecule has 120 valence electrons. The Morgan fingerprint density at radius 2 is 1.86 bits per heavy atom. The molecule has 4 rings (SSSR count). The van der Waals surface area contributed by atoms with Gasteiger partial charge < -0.3 is 14.8 Å². The summed E-state index contributed by atoms with van der Waals surface area (Å²) in [5, 5.41) is 3.86. The normalized spacial score (nSPS) is 39.5. The molecule has 1 saturated carbocycles. The molecule has 1 aromatic rings. The molecule has 0 aromatic heterocycles. The average molecular weight is 301 g/mol. The van der Waals surface area contributed by atoms with Crippen LogP contribution in [0, 0.1) is 17.3 Å². The summed E-state index contributed by atoms with van der Waals surface area (Å²) in [5.74, 6) is 1.30.